The molecule has 108 valence electrons. The summed E-state index contributed by atoms with van der Waals surface area (Å²) in [5.41, 5.74) is 6.26. The van der Waals surface area contributed by atoms with Crippen LogP contribution in [0.4, 0.5) is 0 Å². The van der Waals surface area contributed by atoms with Crippen LogP contribution in [0.1, 0.15) is 29.2 Å². The molecule has 0 radical (unpaired) electrons. The summed E-state index contributed by atoms with van der Waals surface area (Å²) in [5.74, 6) is 0. The molecule has 3 heteroatoms. The Kier molecular flexibility index (Phi) is 2.60. The van der Waals surface area contributed by atoms with Gasteiger partial charge in [0.15, 0.2) is 0 Å². The lowest BCUT2D eigenvalue weighted by Gasteiger charge is -2.64. The van der Waals surface area contributed by atoms with E-state index in [-0.39, 0.29) is 0 Å². The Balaban J connectivity index is 1.88. The molecular weight excluding hydrogens is 246 g/mol. The number of hydrogen-bond donors (Lipinski definition) is 0. The second-order valence-corrected chi connectivity index (χ2v) is 7.26. The number of nitrogens with zero attached hydrogens (tertiary/aromatic N) is 3. The molecule has 0 amide bonds. The Hall–Kier alpha value is -0.900. The summed E-state index contributed by atoms with van der Waals surface area (Å²) in [5, 5.41) is 0. The van der Waals surface area contributed by atoms with Gasteiger partial charge in [-0.05, 0) is 44.4 Å². The summed E-state index contributed by atoms with van der Waals surface area (Å²) in [6, 6.07) is 5.43. The predicted octanol–water partition coefficient (Wildman–Crippen LogP) is 2.06. The molecule has 4 bridgehead atoms. The van der Waals surface area contributed by atoms with Crippen LogP contribution in [-0.2, 0) is 5.41 Å². The second-order valence-electron chi connectivity index (χ2n) is 7.26. The van der Waals surface area contributed by atoms with Crippen LogP contribution >= 0.6 is 0 Å². The summed E-state index contributed by atoms with van der Waals surface area (Å²) < 4.78 is 0. The third kappa shape index (κ3) is 1.57. The average molecular weight is 271 g/mol. The first-order chi connectivity index (χ1) is 9.49. The van der Waals surface area contributed by atoms with Crippen molar-refractivity contribution >= 4 is 0 Å². The van der Waals surface area contributed by atoms with Gasteiger partial charge >= 0.3 is 0 Å². The zero-order valence-electron chi connectivity index (χ0n) is 13.1. The van der Waals surface area contributed by atoms with E-state index in [1.54, 1.807) is 5.56 Å². The van der Waals surface area contributed by atoms with Gasteiger partial charge in [-0.2, -0.15) is 0 Å². The zero-order valence-corrected chi connectivity index (χ0v) is 13.1. The monoisotopic (exact) mass is 271 g/mol. The maximum Gasteiger partial charge on any atom is 0.0533 e. The van der Waals surface area contributed by atoms with Gasteiger partial charge in [0.05, 0.1) is 20.0 Å². The molecule has 0 aliphatic carbocycles. The molecule has 4 saturated heterocycles. The van der Waals surface area contributed by atoms with E-state index in [0.717, 1.165) is 20.0 Å². The highest BCUT2D eigenvalue weighted by Crippen LogP contribution is 2.44. The van der Waals surface area contributed by atoms with Crippen LogP contribution in [-0.4, -0.2) is 53.8 Å². The van der Waals surface area contributed by atoms with Crippen molar-refractivity contribution < 1.29 is 0 Å². The van der Waals surface area contributed by atoms with Gasteiger partial charge in [-0.3, -0.25) is 14.7 Å². The fraction of sp³-hybridized carbons (Fsp3) is 0.647. The minimum atomic E-state index is 0.301. The molecule has 3 nitrogen and oxygen atoms in total. The Bertz CT molecular complexity index is 552. The minimum Gasteiger partial charge on any atom is -0.276 e. The molecule has 4 aliphatic rings. The van der Waals surface area contributed by atoms with Crippen LogP contribution in [0.2, 0.25) is 0 Å². The van der Waals surface area contributed by atoms with Gasteiger partial charge in [-0.1, -0.05) is 17.7 Å². The minimum absolute atomic E-state index is 0.301. The molecule has 3 atom stereocenters. The standard InChI is InChI=1S/C17H25N3/c1-12-5-13(2)14(3)16(6-12)17-7-18-9-19(8-17)11-20(10-18)15(17)4/h5-6,15H,7-11H2,1-4H3. The molecule has 1 aromatic carbocycles. The largest absolute Gasteiger partial charge is 0.276 e. The number of aryl methyl sites for hydroxylation is 2. The number of benzene rings is 1. The maximum atomic E-state index is 2.65. The first kappa shape index (κ1) is 12.8. The summed E-state index contributed by atoms with van der Waals surface area (Å²) in [4.78, 5) is 7.88. The van der Waals surface area contributed by atoms with Crippen LogP contribution in [0.15, 0.2) is 12.1 Å². The van der Waals surface area contributed by atoms with Crippen LogP contribution < -0.4 is 0 Å². The number of rotatable bonds is 1. The first-order valence-electron chi connectivity index (χ1n) is 7.77. The Labute approximate surface area is 122 Å². The van der Waals surface area contributed by atoms with E-state index in [4.69, 9.17) is 0 Å². The topological polar surface area (TPSA) is 9.72 Å². The van der Waals surface area contributed by atoms with Gasteiger partial charge in [0.25, 0.3) is 0 Å². The molecule has 1 aromatic rings. The zero-order chi connectivity index (χ0) is 14.1. The molecule has 4 heterocycles. The second kappa shape index (κ2) is 4.06. The van der Waals surface area contributed by atoms with Crippen molar-refractivity contribution in [3.05, 3.63) is 34.4 Å². The van der Waals surface area contributed by atoms with E-state index in [9.17, 15) is 0 Å². The van der Waals surface area contributed by atoms with Gasteiger partial charge in [0, 0.05) is 24.5 Å². The van der Waals surface area contributed by atoms with Crippen molar-refractivity contribution in [1.29, 1.82) is 0 Å². The van der Waals surface area contributed by atoms with Crippen molar-refractivity contribution in [3.8, 4) is 0 Å². The molecule has 20 heavy (non-hydrogen) atoms. The highest BCUT2D eigenvalue weighted by atomic mass is 15.5. The Morgan fingerprint density at radius 3 is 2.30 bits per heavy atom. The first-order valence-corrected chi connectivity index (χ1v) is 7.77. The lowest BCUT2D eigenvalue weighted by atomic mass is 9.67. The van der Waals surface area contributed by atoms with Gasteiger partial charge in [-0.25, -0.2) is 0 Å². The quantitative estimate of drug-likeness (QED) is 0.774. The van der Waals surface area contributed by atoms with Crippen molar-refractivity contribution in [3.63, 3.8) is 0 Å². The highest BCUT2D eigenvalue weighted by Gasteiger charge is 2.54. The molecule has 0 saturated carbocycles. The van der Waals surface area contributed by atoms with Gasteiger partial charge in [0.2, 0.25) is 0 Å². The highest BCUT2D eigenvalue weighted by molar-refractivity contribution is 5.44. The third-order valence-corrected chi connectivity index (χ3v) is 5.87. The van der Waals surface area contributed by atoms with Crippen molar-refractivity contribution in [2.45, 2.75) is 39.2 Å². The van der Waals surface area contributed by atoms with Gasteiger partial charge in [-0.15, -0.1) is 0 Å². The van der Waals surface area contributed by atoms with E-state index in [1.165, 1.54) is 29.8 Å². The Morgan fingerprint density at radius 1 is 1.00 bits per heavy atom. The van der Waals surface area contributed by atoms with Crippen LogP contribution in [0.5, 0.6) is 0 Å². The van der Waals surface area contributed by atoms with E-state index in [2.05, 4.69) is 54.5 Å². The summed E-state index contributed by atoms with van der Waals surface area (Å²) in [6.45, 7) is 15.2. The van der Waals surface area contributed by atoms with E-state index >= 15 is 0 Å². The molecule has 4 aliphatic heterocycles. The van der Waals surface area contributed by atoms with E-state index in [0.29, 0.717) is 11.5 Å². The molecular formula is C17H25N3. The van der Waals surface area contributed by atoms with Crippen LogP contribution in [0, 0.1) is 20.8 Å². The Morgan fingerprint density at radius 2 is 1.65 bits per heavy atom. The fourth-order valence-electron chi connectivity index (χ4n) is 4.79. The molecule has 0 N–H and O–H groups in total. The summed E-state index contributed by atoms with van der Waals surface area (Å²) in [7, 11) is 0. The van der Waals surface area contributed by atoms with Crippen molar-refractivity contribution in [2.24, 2.45) is 0 Å². The van der Waals surface area contributed by atoms with Crippen molar-refractivity contribution in [2.75, 3.05) is 33.1 Å². The lowest BCUT2D eigenvalue weighted by molar-refractivity contribution is -0.172. The van der Waals surface area contributed by atoms with Crippen LogP contribution in [0.25, 0.3) is 0 Å². The summed E-state index contributed by atoms with van der Waals surface area (Å²) >= 11 is 0. The predicted molar refractivity (Wildman–Crippen MR) is 81.6 cm³/mol. The summed E-state index contributed by atoms with van der Waals surface area (Å²) in [6.07, 6.45) is 0. The van der Waals surface area contributed by atoms with E-state index < -0.39 is 0 Å². The fourth-order valence-corrected chi connectivity index (χ4v) is 4.79. The molecule has 4 fully saturated rings. The maximum absolute atomic E-state index is 2.65. The lowest BCUT2D eigenvalue weighted by Crippen LogP contribution is -2.77. The number of hydrogen-bond acceptors (Lipinski definition) is 3. The third-order valence-electron chi connectivity index (χ3n) is 5.87. The molecule has 5 rings (SSSR count). The van der Waals surface area contributed by atoms with Crippen molar-refractivity contribution in [1.82, 2.24) is 14.7 Å². The van der Waals surface area contributed by atoms with Gasteiger partial charge in [0.1, 0.15) is 0 Å². The van der Waals surface area contributed by atoms with Crippen LogP contribution in [0.3, 0.4) is 0 Å². The smallest absolute Gasteiger partial charge is 0.0533 e. The average Bonchev–Trinajstić information content (AvgIpc) is 2.39. The van der Waals surface area contributed by atoms with Gasteiger partial charge < -0.3 is 0 Å². The normalized spacial score (nSPS) is 42.2. The van der Waals surface area contributed by atoms with E-state index in [1.807, 2.05) is 0 Å². The molecule has 3 unspecified atom stereocenters. The molecule has 0 aromatic heterocycles. The SMILES string of the molecule is Cc1cc(C)c(C)c(C23CN4CN(CN(C4)C2C)C3)c1. The molecule has 0 spiro atoms.